The number of carbonyl (C=O) groups is 1. The van der Waals surface area contributed by atoms with E-state index in [2.05, 4.69) is 15.5 Å². The van der Waals surface area contributed by atoms with Crippen molar-refractivity contribution in [3.63, 3.8) is 0 Å². The van der Waals surface area contributed by atoms with Crippen LogP contribution >= 0.6 is 11.6 Å². The first kappa shape index (κ1) is 21.9. The van der Waals surface area contributed by atoms with E-state index < -0.39 is 11.9 Å². The second-order valence-electron chi connectivity index (χ2n) is 8.04. The molecule has 0 saturated carbocycles. The Hall–Kier alpha value is -3.97. The van der Waals surface area contributed by atoms with Crippen molar-refractivity contribution in [1.82, 2.24) is 15.5 Å². The number of nitrogens with one attached hydrogen (secondary N) is 1. The number of amides is 2. The van der Waals surface area contributed by atoms with Crippen molar-refractivity contribution in [3.05, 3.63) is 106 Å². The average molecular weight is 475 g/mol. The fourth-order valence-electron chi connectivity index (χ4n) is 4.00. The number of anilines is 1. The molecule has 3 aromatic carbocycles. The third-order valence-electron chi connectivity index (χ3n) is 5.72. The van der Waals surface area contributed by atoms with Gasteiger partial charge in [0.15, 0.2) is 0 Å². The third kappa shape index (κ3) is 4.06. The Morgan fingerprint density at radius 2 is 1.76 bits per heavy atom. The molecule has 5 rings (SSSR count). The van der Waals surface area contributed by atoms with Crippen LogP contribution in [0.4, 0.5) is 14.9 Å². The first-order chi connectivity index (χ1) is 16.4. The summed E-state index contributed by atoms with van der Waals surface area (Å²) in [6, 6.07) is 19.9. The highest BCUT2D eigenvalue weighted by Gasteiger charge is 2.36. The Morgan fingerprint density at radius 3 is 2.47 bits per heavy atom. The smallest absolute Gasteiger partial charge is 0.327 e. The maximum atomic E-state index is 14.0. The molecule has 1 aromatic heterocycles. The summed E-state index contributed by atoms with van der Waals surface area (Å²) in [6.45, 7) is 3.78. The lowest BCUT2D eigenvalue weighted by Gasteiger charge is -2.35. The van der Waals surface area contributed by atoms with Crippen LogP contribution in [0.1, 0.15) is 30.0 Å². The number of carbonyl (C=O) groups excluding carboxylic acids is 1. The standard InChI is InChI=1S/C26H20ClFN4O2/c1-15-6-8-17(9-7-15)23-22(25-30-24(31-34-25)18-10-12-19(27)13-11-18)16(2)32(26(33)29-23)21-5-3-4-20(28)14-21/h3-14,23H,1-2H3,(H,29,33). The van der Waals surface area contributed by atoms with Crippen LogP contribution in [0.2, 0.25) is 5.02 Å². The molecular formula is C26H20ClFN4O2. The fourth-order valence-corrected chi connectivity index (χ4v) is 4.13. The van der Waals surface area contributed by atoms with E-state index in [0.29, 0.717) is 27.8 Å². The molecular weight excluding hydrogens is 455 g/mol. The van der Waals surface area contributed by atoms with Crippen LogP contribution in [0.25, 0.3) is 17.0 Å². The topological polar surface area (TPSA) is 71.3 Å². The number of halogens is 2. The average Bonchev–Trinajstić information content (AvgIpc) is 3.29. The second kappa shape index (κ2) is 8.76. The van der Waals surface area contributed by atoms with E-state index in [1.165, 1.54) is 17.0 Å². The summed E-state index contributed by atoms with van der Waals surface area (Å²) in [7, 11) is 0. The highest BCUT2D eigenvalue weighted by Crippen LogP contribution is 2.39. The summed E-state index contributed by atoms with van der Waals surface area (Å²) >= 11 is 6.00. The molecule has 8 heteroatoms. The molecule has 1 unspecified atom stereocenters. The summed E-state index contributed by atoms with van der Waals surface area (Å²) in [5.74, 6) is 0.210. The number of allylic oxidation sites excluding steroid dienone is 1. The molecule has 0 bridgehead atoms. The molecule has 1 N–H and O–H groups in total. The van der Waals surface area contributed by atoms with Gasteiger partial charge in [0.1, 0.15) is 5.82 Å². The zero-order valence-corrected chi connectivity index (χ0v) is 19.2. The summed E-state index contributed by atoms with van der Waals surface area (Å²) in [5.41, 5.74) is 4.28. The zero-order chi connectivity index (χ0) is 23.8. The molecule has 2 amide bonds. The molecule has 0 spiro atoms. The monoisotopic (exact) mass is 474 g/mol. The van der Waals surface area contributed by atoms with Crippen molar-refractivity contribution in [3.8, 4) is 11.4 Å². The predicted octanol–water partition coefficient (Wildman–Crippen LogP) is 6.54. The van der Waals surface area contributed by atoms with Gasteiger partial charge in [0, 0.05) is 16.3 Å². The lowest BCUT2D eigenvalue weighted by molar-refractivity contribution is 0.244. The SMILES string of the molecule is CC1=C(c2nc(-c3ccc(Cl)cc3)no2)C(c2ccc(C)cc2)NC(=O)N1c1cccc(F)c1. The van der Waals surface area contributed by atoms with Gasteiger partial charge in [-0.3, -0.25) is 4.90 Å². The van der Waals surface area contributed by atoms with Crippen molar-refractivity contribution in [2.24, 2.45) is 0 Å². The van der Waals surface area contributed by atoms with Crippen LogP contribution in [0.15, 0.2) is 83.0 Å². The lowest BCUT2D eigenvalue weighted by atomic mass is 9.94. The number of urea groups is 1. The van der Waals surface area contributed by atoms with Crippen LogP contribution in [-0.4, -0.2) is 16.2 Å². The Morgan fingerprint density at radius 1 is 1.03 bits per heavy atom. The van der Waals surface area contributed by atoms with Crippen LogP contribution < -0.4 is 10.2 Å². The van der Waals surface area contributed by atoms with E-state index in [9.17, 15) is 9.18 Å². The predicted molar refractivity (Wildman–Crippen MR) is 129 cm³/mol. The van der Waals surface area contributed by atoms with Gasteiger partial charge in [-0.25, -0.2) is 9.18 Å². The van der Waals surface area contributed by atoms with Crippen molar-refractivity contribution >= 4 is 28.9 Å². The van der Waals surface area contributed by atoms with E-state index in [1.54, 1.807) is 43.3 Å². The molecule has 170 valence electrons. The van der Waals surface area contributed by atoms with E-state index in [0.717, 1.165) is 16.7 Å². The van der Waals surface area contributed by atoms with Gasteiger partial charge in [-0.1, -0.05) is 52.7 Å². The minimum absolute atomic E-state index is 0.259. The Balaban J connectivity index is 1.65. The molecule has 2 heterocycles. The molecule has 1 aliphatic rings. The van der Waals surface area contributed by atoms with E-state index >= 15 is 0 Å². The molecule has 0 fully saturated rings. The highest BCUT2D eigenvalue weighted by molar-refractivity contribution is 6.30. The van der Waals surface area contributed by atoms with Gasteiger partial charge < -0.3 is 9.84 Å². The van der Waals surface area contributed by atoms with Gasteiger partial charge in [-0.2, -0.15) is 4.98 Å². The minimum atomic E-state index is -0.531. The van der Waals surface area contributed by atoms with E-state index in [1.807, 2.05) is 31.2 Å². The van der Waals surface area contributed by atoms with Crippen LogP contribution in [0.5, 0.6) is 0 Å². The van der Waals surface area contributed by atoms with Crippen molar-refractivity contribution in [2.45, 2.75) is 19.9 Å². The first-order valence-electron chi connectivity index (χ1n) is 10.6. The number of hydrogen-bond donors (Lipinski definition) is 1. The van der Waals surface area contributed by atoms with Crippen LogP contribution in [0, 0.1) is 12.7 Å². The van der Waals surface area contributed by atoms with Gasteiger partial charge in [-0.05, 0) is 61.9 Å². The summed E-state index contributed by atoms with van der Waals surface area (Å²) in [6.07, 6.45) is 0. The first-order valence-corrected chi connectivity index (χ1v) is 11.0. The normalized spacial score (nSPS) is 16.1. The Kier molecular flexibility index (Phi) is 5.63. The van der Waals surface area contributed by atoms with Gasteiger partial charge in [0.2, 0.25) is 5.82 Å². The van der Waals surface area contributed by atoms with Crippen molar-refractivity contribution < 1.29 is 13.7 Å². The quantitative estimate of drug-likeness (QED) is 0.364. The summed E-state index contributed by atoms with van der Waals surface area (Å²) in [5, 5.41) is 7.76. The number of rotatable bonds is 4. The summed E-state index contributed by atoms with van der Waals surface area (Å²) < 4.78 is 19.6. The molecule has 0 radical (unpaired) electrons. The van der Waals surface area contributed by atoms with Gasteiger partial charge >= 0.3 is 6.03 Å². The minimum Gasteiger partial charge on any atom is -0.334 e. The lowest BCUT2D eigenvalue weighted by Crippen LogP contribution is -2.46. The number of hydrogen-bond acceptors (Lipinski definition) is 4. The van der Waals surface area contributed by atoms with Gasteiger partial charge in [0.25, 0.3) is 5.89 Å². The van der Waals surface area contributed by atoms with E-state index in [4.69, 9.17) is 16.1 Å². The van der Waals surface area contributed by atoms with Crippen LogP contribution in [-0.2, 0) is 0 Å². The molecule has 1 aliphatic heterocycles. The third-order valence-corrected chi connectivity index (χ3v) is 5.97. The second-order valence-corrected chi connectivity index (χ2v) is 8.47. The Labute approximate surface area is 200 Å². The van der Waals surface area contributed by atoms with Gasteiger partial charge in [0.05, 0.1) is 17.3 Å². The fraction of sp³-hybridized carbons (Fsp3) is 0.115. The molecule has 6 nitrogen and oxygen atoms in total. The molecule has 4 aromatic rings. The largest absolute Gasteiger partial charge is 0.334 e. The van der Waals surface area contributed by atoms with Crippen molar-refractivity contribution in [2.75, 3.05) is 4.90 Å². The number of benzene rings is 3. The Bertz CT molecular complexity index is 1400. The molecule has 0 saturated heterocycles. The zero-order valence-electron chi connectivity index (χ0n) is 18.4. The highest BCUT2D eigenvalue weighted by atomic mass is 35.5. The molecule has 1 atom stereocenters. The van der Waals surface area contributed by atoms with Crippen molar-refractivity contribution in [1.29, 1.82) is 0 Å². The number of nitrogens with zero attached hydrogens (tertiary/aromatic N) is 3. The number of aromatic nitrogens is 2. The molecule has 0 aliphatic carbocycles. The molecule has 34 heavy (non-hydrogen) atoms. The number of aryl methyl sites for hydroxylation is 1. The summed E-state index contributed by atoms with van der Waals surface area (Å²) in [4.78, 5) is 19.2. The van der Waals surface area contributed by atoms with E-state index in [-0.39, 0.29) is 11.9 Å². The maximum absolute atomic E-state index is 14.0. The van der Waals surface area contributed by atoms with Crippen LogP contribution in [0.3, 0.4) is 0 Å². The maximum Gasteiger partial charge on any atom is 0.327 e. The van der Waals surface area contributed by atoms with Gasteiger partial charge in [-0.15, -0.1) is 0 Å².